The van der Waals surface area contributed by atoms with Crippen LogP contribution in [0.15, 0.2) is 66.7 Å². The average Bonchev–Trinajstić information content (AvgIpc) is 2.91. The van der Waals surface area contributed by atoms with Crippen molar-refractivity contribution in [3.8, 4) is 0 Å². The molecule has 1 atom stereocenters. The first-order valence-corrected chi connectivity index (χ1v) is 13.5. The number of nitrogens with zero attached hydrogens (tertiary/aromatic N) is 2. The number of carbonyl (C=O) groups is 2. The number of hydrogen-bond acceptors (Lipinski definition) is 4. The first kappa shape index (κ1) is 30.6. The minimum Gasteiger partial charge on any atom is -0.389 e. The number of anilines is 3. The van der Waals surface area contributed by atoms with Crippen LogP contribution < -0.4 is 15.5 Å². The Hall–Kier alpha value is -2.91. The Balaban J connectivity index is 0.00000420. The number of rotatable bonds is 8. The normalized spacial score (nSPS) is 13.8. The summed E-state index contributed by atoms with van der Waals surface area (Å²) in [5, 5.41) is 16.1. The van der Waals surface area contributed by atoms with Gasteiger partial charge in [0.25, 0.3) is 0 Å². The smallest absolute Gasteiger partial charge is 0.322 e. The molecule has 208 valence electrons. The number of halogens is 2. The fourth-order valence-electron chi connectivity index (χ4n) is 4.38. The van der Waals surface area contributed by atoms with E-state index in [9.17, 15) is 14.7 Å². The van der Waals surface area contributed by atoms with Crippen molar-refractivity contribution in [2.45, 2.75) is 32.3 Å². The first-order chi connectivity index (χ1) is 18.3. The summed E-state index contributed by atoms with van der Waals surface area (Å²) in [6, 6.07) is 20.9. The van der Waals surface area contributed by atoms with E-state index in [2.05, 4.69) is 27.7 Å². The second kappa shape index (κ2) is 14.5. The maximum absolute atomic E-state index is 12.8. The highest BCUT2D eigenvalue weighted by molar-refractivity contribution is 7.59. The van der Waals surface area contributed by atoms with Crippen LogP contribution in [0.25, 0.3) is 0 Å². The number of urea groups is 1. The van der Waals surface area contributed by atoms with E-state index in [1.54, 1.807) is 24.0 Å². The van der Waals surface area contributed by atoms with Gasteiger partial charge in [0.15, 0.2) is 0 Å². The summed E-state index contributed by atoms with van der Waals surface area (Å²) < 4.78 is 0. The molecule has 10 heteroatoms. The van der Waals surface area contributed by atoms with E-state index in [4.69, 9.17) is 23.2 Å². The van der Waals surface area contributed by atoms with Crippen molar-refractivity contribution in [2.24, 2.45) is 0 Å². The van der Waals surface area contributed by atoms with Crippen molar-refractivity contribution in [3.05, 3.63) is 87.9 Å². The molecular formula is C29H34Cl2N4O3S. The predicted molar refractivity (Wildman–Crippen MR) is 165 cm³/mol. The number of hydrogen-bond donors (Lipinski definition) is 3. The van der Waals surface area contributed by atoms with Crippen molar-refractivity contribution < 1.29 is 14.7 Å². The van der Waals surface area contributed by atoms with Crippen LogP contribution in [0.1, 0.15) is 37.0 Å². The molecule has 3 aromatic carbocycles. The summed E-state index contributed by atoms with van der Waals surface area (Å²) in [4.78, 5) is 29.1. The Labute approximate surface area is 246 Å². The molecule has 1 saturated heterocycles. The molecule has 0 aliphatic carbocycles. The van der Waals surface area contributed by atoms with Crippen LogP contribution in [-0.4, -0.2) is 48.1 Å². The number of amides is 3. The molecule has 3 aromatic rings. The van der Waals surface area contributed by atoms with Gasteiger partial charge >= 0.3 is 6.03 Å². The van der Waals surface area contributed by atoms with Crippen LogP contribution >= 0.6 is 36.7 Å². The topological polar surface area (TPSA) is 84.9 Å². The third kappa shape index (κ3) is 8.54. The summed E-state index contributed by atoms with van der Waals surface area (Å²) in [5.74, 6) is 0.00836. The van der Waals surface area contributed by atoms with Gasteiger partial charge in [-0.2, -0.15) is 13.5 Å². The van der Waals surface area contributed by atoms with Gasteiger partial charge in [-0.1, -0.05) is 53.5 Å². The highest BCUT2D eigenvalue weighted by Gasteiger charge is 2.23. The second-order valence-electron chi connectivity index (χ2n) is 9.37. The maximum atomic E-state index is 12.8. The lowest BCUT2D eigenvalue weighted by atomic mass is 10.1. The van der Waals surface area contributed by atoms with Gasteiger partial charge in [-0.05, 0) is 67.3 Å². The molecule has 1 fully saturated rings. The molecule has 0 aromatic heterocycles. The Kier molecular flexibility index (Phi) is 11.4. The number of carbonyl (C=O) groups excluding carboxylic acids is 2. The lowest BCUT2D eigenvalue weighted by Crippen LogP contribution is -2.50. The molecule has 3 N–H and O–H groups in total. The van der Waals surface area contributed by atoms with Gasteiger partial charge in [0, 0.05) is 44.0 Å². The number of aliphatic hydroxyl groups excluding tert-OH is 1. The summed E-state index contributed by atoms with van der Waals surface area (Å²) >= 11 is 12.6. The number of nitrogens with one attached hydrogen (secondary N) is 2. The summed E-state index contributed by atoms with van der Waals surface area (Å²) in [5.41, 5.74) is 3.96. The zero-order valence-electron chi connectivity index (χ0n) is 21.8. The number of aliphatic hydroxyl groups is 1. The largest absolute Gasteiger partial charge is 0.389 e. The van der Waals surface area contributed by atoms with E-state index < -0.39 is 6.10 Å². The molecule has 39 heavy (non-hydrogen) atoms. The van der Waals surface area contributed by atoms with Gasteiger partial charge in [0.05, 0.1) is 21.8 Å². The Morgan fingerprint density at radius 2 is 1.54 bits per heavy atom. The fraction of sp³-hybridized carbons (Fsp3) is 0.310. The lowest BCUT2D eigenvalue weighted by molar-refractivity contribution is -0.116. The van der Waals surface area contributed by atoms with E-state index in [0.29, 0.717) is 43.9 Å². The van der Waals surface area contributed by atoms with Gasteiger partial charge in [0.2, 0.25) is 5.91 Å². The van der Waals surface area contributed by atoms with Crippen LogP contribution in [0.5, 0.6) is 0 Å². The SMILES string of the molecule is CC(O)c1cc(Cl)c(NC(=O)N2CCN(c3ccc(NC(=O)CCCc4ccccc4)cc3)CC2)c(Cl)c1.S. The minimum atomic E-state index is -0.710. The van der Waals surface area contributed by atoms with Crippen molar-refractivity contribution >= 4 is 65.7 Å². The molecule has 0 spiro atoms. The van der Waals surface area contributed by atoms with E-state index in [1.807, 2.05) is 42.5 Å². The number of aryl methyl sites for hydroxylation is 1. The predicted octanol–water partition coefficient (Wildman–Crippen LogP) is 6.48. The third-order valence-corrected chi connectivity index (χ3v) is 7.17. The highest BCUT2D eigenvalue weighted by atomic mass is 35.5. The first-order valence-electron chi connectivity index (χ1n) is 12.7. The summed E-state index contributed by atoms with van der Waals surface area (Å²) in [7, 11) is 0. The van der Waals surface area contributed by atoms with E-state index in [-0.39, 0.29) is 35.5 Å². The van der Waals surface area contributed by atoms with Gasteiger partial charge < -0.3 is 25.5 Å². The summed E-state index contributed by atoms with van der Waals surface area (Å²) in [6.45, 7) is 4.03. The molecule has 7 nitrogen and oxygen atoms in total. The van der Waals surface area contributed by atoms with Crippen molar-refractivity contribution in [1.82, 2.24) is 4.90 Å². The second-order valence-corrected chi connectivity index (χ2v) is 10.2. The third-order valence-electron chi connectivity index (χ3n) is 6.57. The highest BCUT2D eigenvalue weighted by Crippen LogP contribution is 2.34. The molecule has 4 rings (SSSR count). The van der Waals surface area contributed by atoms with Crippen molar-refractivity contribution in [1.29, 1.82) is 0 Å². The zero-order valence-corrected chi connectivity index (χ0v) is 24.3. The maximum Gasteiger partial charge on any atom is 0.322 e. The van der Waals surface area contributed by atoms with E-state index in [1.165, 1.54) is 5.56 Å². The monoisotopic (exact) mass is 588 g/mol. The molecule has 1 heterocycles. The Morgan fingerprint density at radius 1 is 0.923 bits per heavy atom. The minimum absolute atomic E-state index is 0. The Morgan fingerprint density at radius 3 is 2.13 bits per heavy atom. The van der Waals surface area contributed by atoms with E-state index in [0.717, 1.165) is 24.2 Å². The number of piperazine rings is 1. The van der Waals surface area contributed by atoms with Crippen molar-refractivity contribution in [3.63, 3.8) is 0 Å². The zero-order chi connectivity index (χ0) is 27.1. The summed E-state index contributed by atoms with van der Waals surface area (Å²) in [6.07, 6.45) is 1.45. The number of benzene rings is 3. The Bertz CT molecular complexity index is 1230. The van der Waals surface area contributed by atoms with Crippen LogP contribution in [0, 0.1) is 0 Å². The lowest BCUT2D eigenvalue weighted by Gasteiger charge is -2.36. The van der Waals surface area contributed by atoms with Crippen LogP contribution in [0.3, 0.4) is 0 Å². The van der Waals surface area contributed by atoms with Crippen LogP contribution in [-0.2, 0) is 11.2 Å². The average molecular weight is 590 g/mol. The quantitative estimate of drug-likeness (QED) is 0.281. The molecule has 0 saturated carbocycles. The molecule has 3 amide bonds. The standard InChI is InChI=1S/C29H32Cl2N4O3.H2S/c1-20(36)22-18-25(30)28(26(31)19-22)33-29(38)35-16-14-34(15-17-35)24-12-10-23(11-13-24)32-27(37)9-5-8-21-6-3-2-4-7-21;/h2-4,6-7,10-13,18-20,36H,5,8-9,14-17H2,1H3,(H,32,37)(H,33,38);1H2. The van der Waals surface area contributed by atoms with Gasteiger partial charge in [-0.15, -0.1) is 0 Å². The molecule has 1 aliphatic rings. The fourth-order valence-corrected chi connectivity index (χ4v) is 4.98. The van der Waals surface area contributed by atoms with Crippen molar-refractivity contribution in [2.75, 3.05) is 41.7 Å². The van der Waals surface area contributed by atoms with Gasteiger partial charge in [-0.3, -0.25) is 4.79 Å². The molecule has 0 bridgehead atoms. The van der Waals surface area contributed by atoms with Gasteiger partial charge in [-0.25, -0.2) is 4.79 Å². The molecular weight excluding hydrogens is 555 g/mol. The molecule has 1 aliphatic heterocycles. The van der Waals surface area contributed by atoms with Crippen LogP contribution in [0.4, 0.5) is 21.9 Å². The van der Waals surface area contributed by atoms with Crippen LogP contribution in [0.2, 0.25) is 10.0 Å². The van der Waals surface area contributed by atoms with E-state index >= 15 is 0 Å². The van der Waals surface area contributed by atoms with Gasteiger partial charge in [0.1, 0.15) is 0 Å². The molecule has 0 radical (unpaired) electrons. The molecule has 1 unspecified atom stereocenters.